The predicted octanol–water partition coefficient (Wildman–Crippen LogP) is 4.45. The third-order valence-electron chi connectivity index (χ3n) is 3.06. The minimum atomic E-state index is -0.971. The van der Waals surface area contributed by atoms with Crippen LogP contribution in [-0.2, 0) is 4.79 Å². The van der Waals surface area contributed by atoms with Crippen LogP contribution in [0.5, 0.6) is 0 Å². The molecule has 0 bridgehead atoms. The van der Waals surface area contributed by atoms with Crippen molar-refractivity contribution in [3.05, 3.63) is 64.4 Å². The molecule has 0 aliphatic heterocycles. The zero-order valence-corrected chi connectivity index (χ0v) is 14.5. The number of hydrogen-bond acceptors (Lipinski definition) is 3. The summed E-state index contributed by atoms with van der Waals surface area (Å²) >= 11 is 4.92. The second kappa shape index (κ2) is 8.70. The van der Waals surface area contributed by atoms with Crippen LogP contribution >= 0.6 is 27.7 Å². The molecule has 1 N–H and O–H groups in total. The lowest BCUT2D eigenvalue weighted by Gasteiger charge is -2.12. The third-order valence-corrected chi connectivity index (χ3v) is 4.60. The van der Waals surface area contributed by atoms with Gasteiger partial charge in [0, 0.05) is 27.1 Å². The van der Waals surface area contributed by atoms with Crippen LogP contribution in [-0.4, -0.2) is 11.7 Å². The fourth-order valence-electron chi connectivity index (χ4n) is 1.91. The lowest BCUT2D eigenvalue weighted by molar-refractivity contribution is -0.121. The van der Waals surface area contributed by atoms with E-state index in [0.717, 1.165) is 9.37 Å². The molecule has 0 fully saturated rings. The maximum absolute atomic E-state index is 13.7. The largest absolute Gasteiger partial charge is 0.337 e. The summed E-state index contributed by atoms with van der Waals surface area (Å²) in [7, 11) is 0. The van der Waals surface area contributed by atoms with Crippen LogP contribution in [0.25, 0.3) is 0 Å². The first-order chi connectivity index (χ1) is 11.1. The van der Waals surface area contributed by atoms with Gasteiger partial charge in [0.2, 0.25) is 5.91 Å². The summed E-state index contributed by atoms with van der Waals surface area (Å²) in [6.07, 6.45) is 0.257. The number of amides is 1. The molecule has 3 nitrogen and oxygen atoms in total. The number of nitrogens with zero attached hydrogens (tertiary/aromatic N) is 1. The lowest BCUT2D eigenvalue weighted by Crippen LogP contribution is -2.28. The van der Waals surface area contributed by atoms with E-state index in [1.165, 1.54) is 12.1 Å². The van der Waals surface area contributed by atoms with E-state index in [0.29, 0.717) is 5.75 Å². The van der Waals surface area contributed by atoms with Gasteiger partial charge in [-0.05, 0) is 30.3 Å². The molecule has 1 amide bonds. The summed E-state index contributed by atoms with van der Waals surface area (Å²) in [5, 5.41) is 11.7. The first kappa shape index (κ1) is 17.5. The van der Waals surface area contributed by atoms with E-state index >= 15 is 0 Å². The van der Waals surface area contributed by atoms with Crippen LogP contribution in [0.4, 0.5) is 4.39 Å². The monoisotopic (exact) mass is 392 g/mol. The van der Waals surface area contributed by atoms with E-state index in [4.69, 9.17) is 5.26 Å². The number of halogens is 2. The summed E-state index contributed by atoms with van der Waals surface area (Å²) in [6.45, 7) is 0. The highest BCUT2D eigenvalue weighted by Crippen LogP contribution is 2.21. The summed E-state index contributed by atoms with van der Waals surface area (Å²) in [6, 6.07) is 14.7. The Kier molecular flexibility index (Phi) is 6.63. The predicted molar refractivity (Wildman–Crippen MR) is 92.4 cm³/mol. The SMILES string of the molecule is N#CC(NC(=O)CCSc1ccc(Br)cc1)c1ccccc1F. The Morgan fingerprint density at radius 3 is 2.61 bits per heavy atom. The minimum Gasteiger partial charge on any atom is -0.337 e. The Bertz CT molecular complexity index is 715. The zero-order chi connectivity index (χ0) is 16.7. The highest BCUT2D eigenvalue weighted by molar-refractivity contribution is 9.10. The first-order valence-electron chi connectivity index (χ1n) is 6.92. The van der Waals surface area contributed by atoms with Crippen molar-refractivity contribution in [1.29, 1.82) is 5.26 Å². The van der Waals surface area contributed by atoms with Gasteiger partial charge in [-0.2, -0.15) is 5.26 Å². The van der Waals surface area contributed by atoms with Crippen LogP contribution in [0, 0.1) is 17.1 Å². The molecule has 0 saturated carbocycles. The van der Waals surface area contributed by atoms with Gasteiger partial charge < -0.3 is 5.32 Å². The van der Waals surface area contributed by atoms with Crippen molar-refractivity contribution in [3.63, 3.8) is 0 Å². The summed E-state index contributed by atoms with van der Waals surface area (Å²) in [4.78, 5) is 13.0. The van der Waals surface area contributed by atoms with Gasteiger partial charge in [-0.1, -0.05) is 34.1 Å². The van der Waals surface area contributed by atoms with Gasteiger partial charge in [-0.3, -0.25) is 4.79 Å². The van der Waals surface area contributed by atoms with Gasteiger partial charge in [0.15, 0.2) is 0 Å². The molecule has 118 valence electrons. The Balaban J connectivity index is 1.85. The molecule has 2 aromatic carbocycles. The highest BCUT2D eigenvalue weighted by atomic mass is 79.9. The van der Waals surface area contributed by atoms with Crippen molar-refractivity contribution in [1.82, 2.24) is 5.32 Å². The number of carbonyl (C=O) groups excluding carboxylic acids is 1. The molecule has 0 spiro atoms. The molecule has 23 heavy (non-hydrogen) atoms. The topological polar surface area (TPSA) is 52.9 Å². The Morgan fingerprint density at radius 2 is 1.96 bits per heavy atom. The Hall–Kier alpha value is -1.84. The van der Waals surface area contributed by atoms with Crippen molar-refractivity contribution >= 4 is 33.6 Å². The van der Waals surface area contributed by atoms with E-state index in [2.05, 4.69) is 21.2 Å². The molecule has 0 aliphatic carbocycles. The second-order valence-corrected chi connectivity index (χ2v) is 6.79. The van der Waals surface area contributed by atoms with E-state index < -0.39 is 11.9 Å². The minimum absolute atomic E-state index is 0.184. The van der Waals surface area contributed by atoms with Gasteiger partial charge in [0.05, 0.1) is 6.07 Å². The van der Waals surface area contributed by atoms with Gasteiger partial charge >= 0.3 is 0 Å². The Labute approximate surface area is 147 Å². The molecular weight excluding hydrogens is 379 g/mol. The number of hydrogen-bond donors (Lipinski definition) is 1. The number of nitrogens with one attached hydrogen (secondary N) is 1. The molecule has 0 radical (unpaired) electrons. The molecule has 0 heterocycles. The first-order valence-corrected chi connectivity index (χ1v) is 8.70. The zero-order valence-electron chi connectivity index (χ0n) is 12.1. The van der Waals surface area contributed by atoms with Gasteiger partial charge in [-0.25, -0.2) is 4.39 Å². The van der Waals surface area contributed by atoms with Crippen molar-refractivity contribution in [2.75, 3.05) is 5.75 Å². The number of nitriles is 1. The standard InChI is InChI=1S/C17H14BrFN2OS/c18-12-5-7-13(8-6-12)23-10-9-17(22)21-16(11-20)14-3-1-2-4-15(14)19/h1-8,16H,9-10H2,(H,21,22). The highest BCUT2D eigenvalue weighted by Gasteiger charge is 2.16. The second-order valence-electron chi connectivity index (χ2n) is 4.70. The summed E-state index contributed by atoms with van der Waals surface area (Å²) in [5.74, 6) is -0.184. The van der Waals surface area contributed by atoms with Crippen molar-refractivity contribution < 1.29 is 9.18 Å². The normalized spacial score (nSPS) is 11.5. The quantitative estimate of drug-likeness (QED) is 0.738. The summed E-state index contributed by atoms with van der Waals surface area (Å²) in [5.41, 5.74) is 0.184. The molecular formula is C17H14BrFN2OS. The number of rotatable bonds is 6. The molecule has 2 aromatic rings. The fourth-order valence-corrected chi connectivity index (χ4v) is 3.03. The van der Waals surface area contributed by atoms with Crippen LogP contribution in [0.1, 0.15) is 18.0 Å². The molecule has 0 aliphatic rings. The van der Waals surface area contributed by atoms with E-state index in [9.17, 15) is 9.18 Å². The Morgan fingerprint density at radius 1 is 1.26 bits per heavy atom. The van der Waals surface area contributed by atoms with Crippen LogP contribution in [0.15, 0.2) is 57.9 Å². The molecule has 1 atom stereocenters. The van der Waals surface area contributed by atoms with Gasteiger partial charge in [-0.15, -0.1) is 11.8 Å². The molecule has 0 aromatic heterocycles. The lowest BCUT2D eigenvalue weighted by atomic mass is 10.1. The maximum atomic E-state index is 13.7. The van der Waals surface area contributed by atoms with Crippen molar-refractivity contribution in [3.8, 4) is 6.07 Å². The number of carbonyl (C=O) groups is 1. The molecule has 1 unspecified atom stereocenters. The molecule has 6 heteroatoms. The van der Waals surface area contributed by atoms with Gasteiger partial charge in [0.1, 0.15) is 11.9 Å². The van der Waals surface area contributed by atoms with E-state index in [-0.39, 0.29) is 17.9 Å². The van der Waals surface area contributed by atoms with Crippen LogP contribution < -0.4 is 5.32 Å². The number of thioether (sulfide) groups is 1. The average molecular weight is 393 g/mol. The number of benzene rings is 2. The smallest absolute Gasteiger partial charge is 0.222 e. The third kappa shape index (κ3) is 5.38. The van der Waals surface area contributed by atoms with E-state index in [1.54, 1.807) is 23.9 Å². The summed E-state index contributed by atoms with van der Waals surface area (Å²) < 4.78 is 14.7. The van der Waals surface area contributed by atoms with Crippen LogP contribution in [0.3, 0.4) is 0 Å². The molecule has 0 saturated heterocycles. The fraction of sp³-hybridized carbons (Fsp3) is 0.176. The van der Waals surface area contributed by atoms with Crippen molar-refractivity contribution in [2.24, 2.45) is 0 Å². The van der Waals surface area contributed by atoms with E-state index in [1.807, 2.05) is 30.3 Å². The van der Waals surface area contributed by atoms with Crippen LogP contribution in [0.2, 0.25) is 0 Å². The van der Waals surface area contributed by atoms with Gasteiger partial charge in [0.25, 0.3) is 0 Å². The maximum Gasteiger partial charge on any atom is 0.222 e. The average Bonchev–Trinajstić information content (AvgIpc) is 2.55. The van der Waals surface area contributed by atoms with Crippen molar-refractivity contribution in [2.45, 2.75) is 17.4 Å². The molecule has 2 rings (SSSR count).